The van der Waals surface area contributed by atoms with Gasteiger partial charge in [0.2, 0.25) is 0 Å². The van der Waals surface area contributed by atoms with Crippen LogP contribution < -0.4 is 5.32 Å². The predicted molar refractivity (Wildman–Crippen MR) is 88.1 cm³/mol. The van der Waals surface area contributed by atoms with Crippen molar-refractivity contribution in [3.63, 3.8) is 0 Å². The maximum atomic E-state index is 3.89. The Labute approximate surface area is 134 Å². The average molecular weight is 355 g/mol. The monoisotopic (exact) mass is 354 g/mol. The van der Waals surface area contributed by atoms with E-state index in [1.165, 1.54) is 61.0 Å². The van der Waals surface area contributed by atoms with Gasteiger partial charge in [-0.1, -0.05) is 12.8 Å². The molecule has 3 fully saturated rings. The Balaban J connectivity index is 1.53. The molecule has 1 unspecified atom stereocenters. The van der Waals surface area contributed by atoms with Crippen LogP contribution in [0, 0.1) is 5.92 Å². The van der Waals surface area contributed by atoms with Gasteiger partial charge in [0.05, 0.1) is 0 Å². The van der Waals surface area contributed by atoms with Gasteiger partial charge in [0.1, 0.15) is 0 Å². The van der Waals surface area contributed by atoms with Gasteiger partial charge in [-0.15, -0.1) is 11.3 Å². The molecular formula is C16H23BrN2S. The summed E-state index contributed by atoms with van der Waals surface area (Å²) in [4.78, 5) is 4.34. The fourth-order valence-electron chi connectivity index (χ4n) is 4.13. The third-order valence-electron chi connectivity index (χ3n) is 5.47. The molecule has 1 spiro atoms. The van der Waals surface area contributed by atoms with Crippen LogP contribution >= 0.6 is 27.3 Å². The Bertz CT molecular complexity index is 477. The van der Waals surface area contributed by atoms with Crippen molar-refractivity contribution in [3.8, 4) is 0 Å². The molecule has 1 N–H and O–H groups in total. The molecule has 0 aromatic carbocycles. The van der Waals surface area contributed by atoms with Gasteiger partial charge in [-0.05, 0) is 53.6 Å². The normalized spacial score (nSPS) is 30.1. The zero-order valence-electron chi connectivity index (χ0n) is 11.9. The zero-order chi connectivity index (χ0) is 13.6. The number of halogens is 1. The van der Waals surface area contributed by atoms with Gasteiger partial charge in [0.25, 0.3) is 0 Å². The number of thiophene rings is 1. The number of nitrogens with zero attached hydrogens (tertiary/aromatic N) is 1. The molecule has 0 radical (unpaired) electrons. The van der Waals surface area contributed by atoms with E-state index in [0.717, 1.165) is 18.5 Å². The molecule has 1 atom stereocenters. The van der Waals surface area contributed by atoms with Crippen LogP contribution in [0.15, 0.2) is 15.9 Å². The lowest BCUT2D eigenvalue weighted by Gasteiger charge is -2.48. The number of nitrogens with one attached hydrogen (secondary N) is 1. The standard InChI is InChI=1S/C16H23BrN2S/c17-13-7-14(20-10-13)8-19-9-15(12-3-4-12)18-11-16(19)5-1-2-6-16/h7,10,12,15,18H,1-6,8-9,11H2. The highest BCUT2D eigenvalue weighted by atomic mass is 79.9. The van der Waals surface area contributed by atoms with E-state index in [9.17, 15) is 0 Å². The first kappa shape index (κ1) is 13.7. The molecule has 2 aliphatic carbocycles. The Hall–Kier alpha value is 0.1000. The SMILES string of the molecule is Brc1csc(CN2CC(C3CC3)NCC23CCCC3)c1. The van der Waals surface area contributed by atoms with E-state index >= 15 is 0 Å². The Morgan fingerprint density at radius 1 is 1.35 bits per heavy atom. The molecule has 0 amide bonds. The summed E-state index contributed by atoms with van der Waals surface area (Å²) in [5.74, 6) is 0.964. The third kappa shape index (κ3) is 2.60. The second-order valence-corrected chi connectivity index (χ2v) is 8.78. The van der Waals surface area contributed by atoms with Crippen LogP contribution in [0.4, 0.5) is 0 Å². The molecule has 110 valence electrons. The second-order valence-electron chi connectivity index (χ2n) is 6.87. The highest BCUT2D eigenvalue weighted by Gasteiger charge is 2.46. The largest absolute Gasteiger partial charge is 0.311 e. The molecule has 3 aliphatic rings. The minimum absolute atomic E-state index is 0.460. The van der Waals surface area contributed by atoms with Crippen LogP contribution in [-0.2, 0) is 6.54 Å². The van der Waals surface area contributed by atoms with Crippen LogP contribution in [0.5, 0.6) is 0 Å². The molecule has 0 bridgehead atoms. The van der Waals surface area contributed by atoms with Gasteiger partial charge in [-0.25, -0.2) is 0 Å². The van der Waals surface area contributed by atoms with Gasteiger partial charge >= 0.3 is 0 Å². The Morgan fingerprint density at radius 2 is 2.15 bits per heavy atom. The van der Waals surface area contributed by atoms with Crippen LogP contribution in [0.25, 0.3) is 0 Å². The molecule has 4 heteroatoms. The topological polar surface area (TPSA) is 15.3 Å². The maximum Gasteiger partial charge on any atom is 0.0338 e. The molecule has 2 saturated carbocycles. The first-order chi connectivity index (χ1) is 9.75. The van der Waals surface area contributed by atoms with E-state index in [4.69, 9.17) is 0 Å². The lowest BCUT2D eigenvalue weighted by Crippen LogP contribution is -2.63. The fourth-order valence-corrected chi connectivity index (χ4v) is 5.59. The molecule has 20 heavy (non-hydrogen) atoms. The van der Waals surface area contributed by atoms with Crippen LogP contribution in [0.3, 0.4) is 0 Å². The van der Waals surface area contributed by atoms with Crippen molar-refractivity contribution in [1.82, 2.24) is 10.2 Å². The summed E-state index contributed by atoms with van der Waals surface area (Å²) in [6, 6.07) is 3.06. The smallest absolute Gasteiger partial charge is 0.0338 e. The summed E-state index contributed by atoms with van der Waals surface area (Å²) in [5.41, 5.74) is 0.460. The minimum atomic E-state index is 0.460. The summed E-state index contributed by atoms with van der Waals surface area (Å²) in [6.07, 6.45) is 8.51. The van der Waals surface area contributed by atoms with E-state index in [1.807, 2.05) is 11.3 Å². The fraction of sp³-hybridized carbons (Fsp3) is 0.750. The van der Waals surface area contributed by atoms with Crippen molar-refractivity contribution in [1.29, 1.82) is 0 Å². The van der Waals surface area contributed by atoms with Gasteiger partial charge in [0, 0.05) is 45.9 Å². The third-order valence-corrected chi connectivity index (χ3v) is 7.16. The van der Waals surface area contributed by atoms with Crippen molar-refractivity contribution < 1.29 is 0 Å². The second kappa shape index (κ2) is 5.38. The summed E-state index contributed by atoms with van der Waals surface area (Å²) >= 11 is 5.50. The van der Waals surface area contributed by atoms with Gasteiger partial charge < -0.3 is 5.32 Å². The molecule has 2 nitrogen and oxygen atoms in total. The number of piperazine rings is 1. The zero-order valence-corrected chi connectivity index (χ0v) is 14.3. The minimum Gasteiger partial charge on any atom is -0.311 e. The van der Waals surface area contributed by atoms with E-state index in [0.29, 0.717) is 5.54 Å². The quantitative estimate of drug-likeness (QED) is 0.882. The predicted octanol–water partition coefficient (Wildman–Crippen LogP) is 4.01. The number of hydrogen-bond acceptors (Lipinski definition) is 3. The first-order valence-electron chi connectivity index (χ1n) is 7.97. The lowest BCUT2D eigenvalue weighted by molar-refractivity contribution is 0.0320. The maximum absolute atomic E-state index is 3.89. The van der Waals surface area contributed by atoms with Gasteiger partial charge in [0.15, 0.2) is 0 Å². The van der Waals surface area contributed by atoms with Crippen molar-refractivity contribution in [2.24, 2.45) is 5.92 Å². The Morgan fingerprint density at radius 3 is 2.80 bits per heavy atom. The van der Waals surface area contributed by atoms with Crippen LogP contribution in [0.2, 0.25) is 0 Å². The van der Waals surface area contributed by atoms with E-state index < -0.39 is 0 Å². The summed E-state index contributed by atoms with van der Waals surface area (Å²) in [7, 11) is 0. The average Bonchev–Trinajstić information content (AvgIpc) is 3.05. The van der Waals surface area contributed by atoms with Crippen LogP contribution in [-0.4, -0.2) is 29.6 Å². The molecule has 4 rings (SSSR count). The molecular weight excluding hydrogens is 332 g/mol. The van der Waals surface area contributed by atoms with Gasteiger partial charge in [-0.3, -0.25) is 4.90 Å². The highest BCUT2D eigenvalue weighted by Crippen LogP contribution is 2.42. The molecule has 1 saturated heterocycles. The number of hydrogen-bond donors (Lipinski definition) is 1. The van der Waals surface area contributed by atoms with Crippen molar-refractivity contribution in [2.45, 2.75) is 56.7 Å². The Kier molecular flexibility index (Phi) is 3.70. The van der Waals surface area contributed by atoms with Crippen LogP contribution in [0.1, 0.15) is 43.4 Å². The van der Waals surface area contributed by atoms with Crippen molar-refractivity contribution >= 4 is 27.3 Å². The number of rotatable bonds is 3. The van der Waals surface area contributed by atoms with E-state index in [1.54, 1.807) is 0 Å². The molecule has 1 aliphatic heterocycles. The molecule has 1 aromatic heterocycles. The van der Waals surface area contributed by atoms with Crippen molar-refractivity contribution in [3.05, 3.63) is 20.8 Å². The van der Waals surface area contributed by atoms with Crippen molar-refractivity contribution in [2.75, 3.05) is 13.1 Å². The first-order valence-corrected chi connectivity index (χ1v) is 9.64. The molecule has 1 aromatic rings. The van der Waals surface area contributed by atoms with Gasteiger partial charge in [-0.2, -0.15) is 0 Å². The van der Waals surface area contributed by atoms with E-state index in [-0.39, 0.29) is 0 Å². The summed E-state index contributed by atoms with van der Waals surface area (Å²) in [5, 5.41) is 6.11. The lowest BCUT2D eigenvalue weighted by atomic mass is 9.90. The summed E-state index contributed by atoms with van der Waals surface area (Å²) < 4.78 is 1.24. The van der Waals surface area contributed by atoms with E-state index in [2.05, 4.69) is 37.6 Å². The molecule has 2 heterocycles. The summed E-state index contributed by atoms with van der Waals surface area (Å²) in [6.45, 7) is 3.64. The highest BCUT2D eigenvalue weighted by molar-refractivity contribution is 9.10.